The first-order valence-electron chi connectivity index (χ1n) is 9.57. The van der Waals surface area contributed by atoms with Crippen molar-refractivity contribution in [1.82, 2.24) is 20.1 Å². The van der Waals surface area contributed by atoms with Gasteiger partial charge in [-0.1, -0.05) is 12.1 Å². The Balaban J connectivity index is 1.95. The van der Waals surface area contributed by atoms with Crippen LogP contribution in [-0.4, -0.2) is 38.3 Å². The maximum Gasteiger partial charge on any atom is 0.416 e. The zero-order chi connectivity index (χ0) is 23.7. The van der Waals surface area contributed by atoms with Crippen LogP contribution in [0.2, 0.25) is 0 Å². The third-order valence-electron chi connectivity index (χ3n) is 4.10. The summed E-state index contributed by atoms with van der Waals surface area (Å²) >= 11 is 1.28. The minimum Gasteiger partial charge on any atom is -0.447 e. The lowest BCUT2D eigenvalue weighted by Crippen LogP contribution is -2.46. The van der Waals surface area contributed by atoms with Gasteiger partial charge in [-0.2, -0.15) is 18.2 Å². The Kier molecular flexibility index (Phi) is 6.40. The lowest BCUT2D eigenvalue weighted by atomic mass is 10.1. The fourth-order valence-electron chi connectivity index (χ4n) is 2.70. The van der Waals surface area contributed by atoms with Crippen molar-refractivity contribution in [3.8, 4) is 16.4 Å². The van der Waals surface area contributed by atoms with E-state index in [1.807, 2.05) is 0 Å². The van der Waals surface area contributed by atoms with Crippen LogP contribution in [0.4, 0.5) is 13.2 Å². The Bertz CT molecular complexity index is 1120. The molecule has 2 aromatic heterocycles. The van der Waals surface area contributed by atoms with Gasteiger partial charge in [-0.25, -0.2) is 9.48 Å². The van der Waals surface area contributed by atoms with E-state index in [2.05, 4.69) is 15.4 Å². The molecule has 1 aromatic carbocycles. The molecular formula is C21H21F3N4O3S. The van der Waals surface area contributed by atoms with Crippen LogP contribution in [0.15, 0.2) is 41.8 Å². The fourth-order valence-corrected chi connectivity index (χ4v) is 3.39. The Labute approximate surface area is 186 Å². The van der Waals surface area contributed by atoms with Crippen LogP contribution in [0.1, 0.15) is 43.9 Å². The molecule has 0 fully saturated rings. The molecule has 0 aliphatic carbocycles. The van der Waals surface area contributed by atoms with Crippen molar-refractivity contribution in [2.24, 2.45) is 0 Å². The van der Waals surface area contributed by atoms with Gasteiger partial charge in [-0.15, -0.1) is 16.4 Å². The number of thiophene rings is 1. The minimum absolute atomic E-state index is 0.0771. The first-order chi connectivity index (χ1) is 14.8. The van der Waals surface area contributed by atoms with Gasteiger partial charge in [0.1, 0.15) is 0 Å². The minimum atomic E-state index is -4.54. The number of ether oxygens (including phenoxy) is 1. The predicted molar refractivity (Wildman–Crippen MR) is 112 cm³/mol. The van der Waals surface area contributed by atoms with Gasteiger partial charge >= 0.3 is 12.1 Å². The van der Waals surface area contributed by atoms with E-state index in [0.717, 1.165) is 16.8 Å². The molecule has 1 amide bonds. The van der Waals surface area contributed by atoms with Crippen molar-refractivity contribution in [2.75, 3.05) is 0 Å². The maximum absolute atomic E-state index is 13.2. The summed E-state index contributed by atoms with van der Waals surface area (Å²) in [5, 5.41) is 8.54. The summed E-state index contributed by atoms with van der Waals surface area (Å²) in [6, 6.07) is 7.97. The third kappa shape index (κ3) is 5.52. The molecule has 32 heavy (non-hydrogen) atoms. The number of hydrogen-bond donors (Lipinski definition) is 1. The monoisotopic (exact) mass is 466 g/mol. The van der Waals surface area contributed by atoms with Gasteiger partial charge < -0.3 is 10.1 Å². The average molecular weight is 466 g/mol. The van der Waals surface area contributed by atoms with Crippen molar-refractivity contribution in [3.05, 3.63) is 53.2 Å². The number of rotatable bonds is 5. The van der Waals surface area contributed by atoms with Gasteiger partial charge in [0.05, 0.1) is 16.1 Å². The second-order valence-electron chi connectivity index (χ2n) is 7.98. The molecule has 0 radical (unpaired) electrons. The second kappa shape index (κ2) is 8.73. The number of benzene rings is 1. The van der Waals surface area contributed by atoms with Gasteiger partial charge in [0.15, 0.2) is 11.9 Å². The molecule has 1 unspecified atom stereocenters. The lowest BCUT2D eigenvalue weighted by Gasteiger charge is -2.22. The molecular weight excluding hydrogens is 445 g/mol. The quantitative estimate of drug-likeness (QED) is 0.561. The molecule has 0 bridgehead atoms. The third-order valence-corrected chi connectivity index (χ3v) is 4.97. The fraction of sp³-hybridized carbons (Fsp3) is 0.333. The van der Waals surface area contributed by atoms with E-state index in [1.165, 1.54) is 30.4 Å². The first kappa shape index (κ1) is 23.5. The zero-order valence-electron chi connectivity index (χ0n) is 17.7. The highest BCUT2D eigenvalue weighted by atomic mass is 32.1. The number of halogens is 3. The Morgan fingerprint density at radius 1 is 1.16 bits per heavy atom. The van der Waals surface area contributed by atoms with Crippen molar-refractivity contribution in [1.29, 1.82) is 0 Å². The van der Waals surface area contributed by atoms with Gasteiger partial charge in [-0.05, 0) is 57.3 Å². The van der Waals surface area contributed by atoms with Crippen LogP contribution in [-0.2, 0) is 15.7 Å². The molecule has 2 heterocycles. The Morgan fingerprint density at radius 2 is 1.88 bits per heavy atom. The summed E-state index contributed by atoms with van der Waals surface area (Å²) in [4.78, 5) is 29.6. The molecule has 0 aliphatic heterocycles. The van der Waals surface area contributed by atoms with Crippen LogP contribution in [0, 0.1) is 0 Å². The number of amides is 1. The number of alkyl halides is 3. The van der Waals surface area contributed by atoms with Crippen LogP contribution in [0.3, 0.4) is 0 Å². The maximum atomic E-state index is 13.2. The first-order valence-corrected chi connectivity index (χ1v) is 10.4. The van der Waals surface area contributed by atoms with Crippen LogP contribution in [0.25, 0.3) is 16.4 Å². The molecule has 0 saturated heterocycles. The van der Waals surface area contributed by atoms with E-state index >= 15 is 0 Å². The second-order valence-corrected chi connectivity index (χ2v) is 8.93. The summed E-state index contributed by atoms with van der Waals surface area (Å²) in [5.41, 5.74) is -1.31. The Morgan fingerprint density at radius 3 is 2.47 bits per heavy atom. The summed E-state index contributed by atoms with van der Waals surface area (Å²) < 4.78 is 45.8. The molecule has 11 heteroatoms. The van der Waals surface area contributed by atoms with E-state index in [1.54, 1.807) is 38.3 Å². The van der Waals surface area contributed by atoms with E-state index < -0.39 is 35.3 Å². The molecule has 3 rings (SSSR count). The van der Waals surface area contributed by atoms with Gasteiger partial charge in [0.2, 0.25) is 0 Å². The summed E-state index contributed by atoms with van der Waals surface area (Å²) in [6.07, 6.45) is -5.66. The van der Waals surface area contributed by atoms with Crippen molar-refractivity contribution < 1.29 is 27.5 Å². The SMILES string of the molecule is CC(OC(=O)c1nc(-c2cccs2)n(-c2cccc(C(F)(F)F)c2)n1)C(=O)NC(C)(C)C. The predicted octanol–water partition coefficient (Wildman–Crippen LogP) is 4.47. The Hall–Kier alpha value is -3.21. The number of carbonyl (C=O) groups excluding carboxylic acids is 2. The van der Waals surface area contributed by atoms with Crippen LogP contribution in [0.5, 0.6) is 0 Å². The molecule has 0 spiro atoms. The van der Waals surface area contributed by atoms with Crippen molar-refractivity contribution in [3.63, 3.8) is 0 Å². The van der Waals surface area contributed by atoms with Gasteiger partial charge in [0, 0.05) is 5.54 Å². The van der Waals surface area contributed by atoms with Crippen LogP contribution < -0.4 is 5.32 Å². The number of nitrogens with zero attached hydrogens (tertiary/aromatic N) is 3. The largest absolute Gasteiger partial charge is 0.447 e. The van der Waals surface area contributed by atoms with E-state index in [9.17, 15) is 22.8 Å². The molecule has 170 valence electrons. The number of esters is 1. The standard InChI is InChI=1S/C21H21F3N4O3S/c1-12(18(29)26-20(2,3)4)31-19(30)16-25-17(15-9-6-10-32-15)28(27-16)14-8-5-7-13(11-14)21(22,23)24/h5-12H,1-4H3,(H,26,29). The number of nitrogens with one attached hydrogen (secondary N) is 1. The van der Waals surface area contributed by atoms with E-state index in [4.69, 9.17) is 4.74 Å². The van der Waals surface area contributed by atoms with Crippen molar-refractivity contribution in [2.45, 2.75) is 45.5 Å². The summed E-state index contributed by atoms with van der Waals surface area (Å²) in [5.74, 6) is -1.66. The lowest BCUT2D eigenvalue weighted by molar-refractivity contribution is -0.137. The topological polar surface area (TPSA) is 86.1 Å². The van der Waals surface area contributed by atoms with E-state index in [0.29, 0.717) is 4.88 Å². The highest BCUT2D eigenvalue weighted by Gasteiger charge is 2.31. The summed E-state index contributed by atoms with van der Waals surface area (Å²) in [6.45, 7) is 6.75. The van der Waals surface area contributed by atoms with Gasteiger partial charge in [0.25, 0.3) is 11.7 Å². The number of carbonyl (C=O) groups is 2. The smallest absolute Gasteiger partial charge is 0.416 e. The molecule has 0 saturated carbocycles. The van der Waals surface area contributed by atoms with Crippen molar-refractivity contribution >= 4 is 23.2 Å². The molecule has 3 aromatic rings. The highest BCUT2D eigenvalue weighted by Crippen LogP contribution is 2.32. The highest BCUT2D eigenvalue weighted by molar-refractivity contribution is 7.13. The zero-order valence-corrected chi connectivity index (χ0v) is 18.5. The average Bonchev–Trinajstić information content (AvgIpc) is 3.35. The van der Waals surface area contributed by atoms with Gasteiger partial charge in [-0.3, -0.25) is 4.79 Å². The molecule has 0 aliphatic rings. The van der Waals surface area contributed by atoms with E-state index in [-0.39, 0.29) is 17.3 Å². The molecule has 1 N–H and O–H groups in total. The number of aromatic nitrogens is 3. The molecule has 7 nitrogen and oxygen atoms in total. The molecule has 1 atom stereocenters. The van der Waals surface area contributed by atoms with Crippen LogP contribution >= 0.6 is 11.3 Å². The normalized spacial score (nSPS) is 13.0. The summed E-state index contributed by atoms with van der Waals surface area (Å²) in [7, 11) is 0. The number of hydrogen-bond acceptors (Lipinski definition) is 6.